The van der Waals surface area contributed by atoms with Gasteiger partial charge in [-0.3, -0.25) is 10.1 Å². The topological polar surface area (TPSA) is 75.4 Å². The Bertz CT molecular complexity index is 414. The molecule has 1 atom stereocenters. The third-order valence-corrected chi connectivity index (χ3v) is 1.96. The second kappa shape index (κ2) is 5.48. The molecule has 0 aromatic heterocycles. The van der Waals surface area contributed by atoms with E-state index in [1.165, 1.54) is 0 Å². The summed E-state index contributed by atoms with van der Waals surface area (Å²) in [7, 11) is 0. The highest BCUT2D eigenvalue weighted by Gasteiger charge is 2.17. The highest BCUT2D eigenvalue weighted by molar-refractivity contribution is 5.50. The van der Waals surface area contributed by atoms with Crippen molar-refractivity contribution in [3.63, 3.8) is 0 Å². The fourth-order valence-electron chi connectivity index (χ4n) is 1.06. The number of non-ortho nitro benzene ring substituents is 1. The van der Waals surface area contributed by atoms with Crippen LogP contribution in [0, 0.1) is 15.9 Å². The van der Waals surface area contributed by atoms with E-state index in [1.807, 2.05) is 0 Å². The predicted molar refractivity (Wildman–Crippen MR) is 53.6 cm³/mol. The number of aliphatic hydroxyl groups excluding tert-OH is 1. The molecule has 94 valence electrons. The Hall–Kier alpha value is -1.83. The largest absolute Gasteiger partial charge is 0.385 e. The van der Waals surface area contributed by atoms with Crippen molar-refractivity contribution >= 4 is 11.4 Å². The number of rotatable bonds is 5. The zero-order chi connectivity index (χ0) is 13.0. The maximum absolute atomic E-state index is 13.2. The van der Waals surface area contributed by atoms with Crippen molar-refractivity contribution in [3.05, 3.63) is 34.1 Å². The van der Waals surface area contributed by atoms with Crippen LogP contribution in [-0.4, -0.2) is 29.1 Å². The summed E-state index contributed by atoms with van der Waals surface area (Å²) >= 11 is 0. The Morgan fingerprint density at radius 3 is 2.59 bits per heavy atom. The van der Waals surface area contributed by atoms with Crippen LogP contribution in [0.15, 0.2) is 18.2 Å². The van der Waals surface area contributed by atoms with Gasteiger partial charge in [0.15, 0.2) is 5.82 Å². The van der Waals surface area contributed by atoms with Crippen LogP contribution in [0.4, 0.5) is 24.5 Å². The van der Waals surface area contributed by atoms with Gasteiger partial charge in [-0.05, 0) is 6.07 Å². The molecule has 0 spiro atoms. The van der Waals surface area contributed by atoms with E-state index in [0.29, 0.717) is 6.07 Å². The fourth-order valence-corrected chi connectivity index (χ4v) is 1.06. The van der Waals surface area contributed by atoms with E-state index in [-0.39, 0.29) is 5.69 Å². The van der Waals surface area contributed by atoms with Crippen LogP contribution >= 0.6 is 0 Å². The highest BCUT2D eigenvalue weighted by atomic mass is 19.3. The first-order chi connectivity index (χ1) is 7.91. The van der Waals surface area contributed by atoms with Crippen molar-refractivity contribution in [2.75, 3.05) is 11.9 Å². The van der Waals surface area contributed by atoms with Crippen LogP contribution in [0.1, 0.15) is 0 Å². The number of aliphatic hydroxyl groups is 1. The van der Waals surface area contributed by atoms with Gasteiger partial charge >= 0.3 is 0 Å². The van der Waals surface area contributed by atoms with E-state index in [9.17, 15) is 23.3 Å². The number of hydrogen-bond acceptors (Lipinski definition) is 4. The van der Waals surface area contributed by atoms with Gasteiger partial charge in [0.2, 0.25) is 0 Å². The minimum atomic E-state index is -2.94. The monoisotopic (exact) mass is 250 g/mol. The molecule has 0 bridgehead atoms. The number of benzene rings is 1. The molecule has 0 saturated carbocycles. The van der Waals surface area contributed by atoms with Crippen LogP contribution in [-0.2, 0) is 0 Å². The number of nitro benzene ring substituents is 1. The SMILES string of the molecule is O=[N+]([O-])c1ccc(NCC(O)C(F)F)c(F)c1. The van der Waals surface area contributed by atoms with Gasteiger partial charge in [0.25, 0.3) is 12.1 Å². The maximum Gasteiger partial charge on any atom is 0.272 e. The van der Waals surface area contributed by atoms with Crippen LogP contribution in [0.3, 0.4) is 0 Å². The van der Waals surface area contributed by atoms with Gasteiger partial charge in [-0.1, -0.05) is 0 Å². The molecule has 0 amide bonds. The number of alkyl halides is 2. The van der Waals surface area contributed by atoms with Crippen LogP contribution in [0.5, 0.6) is 0 Å². The average molecular weight is 250 g/mol. The van der Waals surface area contributed by atoms with Crippen molar-refractivity contribution in [1.82, 2.24) is 0 Å². The number of halogens is 3. The van der Waals surface area contributed by atoms with E-state index in [0.717, 1.165) is 12.1 Å². The summed E-state index contributed by atoms with van der Waals surface area (Å²) in [5.74, 6) is -0.944. The van der Waals surface area contributed by atoms with E-state index >= 15 is 0 Å². The second-order valence-electron chi connectivity index (χ2n) is 3.20. The number of anilines is 1. The Kier molecular flexibility index (Phi) is 4.27. The molecule has 0 radical (unpaired) electrons. The summed E-state index contributed by atoms with van der Waals surface area (Å²) in [6.07, 6.45) is -4.87. The molecular weight excluding hydrogens is 241 g/mol. The van der Waals surface area contributed by atoms with Gasteiger partial charge in [-0.2, -0.15) is 0 Å². The minimum Gasteiger partial charge on any atom is -0.385 e. The summed E-state index contributed by atoms with van der Waals surface area (Å²) in [4.78, 5) is 9.52. The van der Waals surface area contributed by atoms with E-state index in [2.05, 4.69) is 5.32 Å². The molecule has 0 aliphatic carbocycles. The molecule has 1 aromatic rings. The van der Waals surface area contributed by atoms with Gasteiger partial charge in [0, 0.05) is 12.6 Å². The molecule has 1 unspecified atom stereocenters. The average Bonchev–Trinajstić information content (AvgIpc) is 2.26. The Balaban J connectivity index is 2.70. The number of hydrogen-bond donors (Lipinski definition) is 2. The number of nitrogens with zero attached hydrogens (tertiary/aromatic N) is 1. The normalized spacial score (nSPS) is 12.5. The number of nitrogens with one attached hydrogen (secondary N) is 1. The van der Waals surface area contributed by atoms with Crippen molar-refractivity contribution in [1.29, 1.82) is 0 Å². The quantitative estimate of drug-likeness (QED) is 0.616. The molecule has 1 aromatic carbocycles. The summed E-state index contributed by atoms with van der Waals surface area (Å²) in [5.41, 5.74) is -0.627. The zero-order valence-electron chi connectivity index (χ0n) is 8.44. The molecule has 1 rings (SSSR count). The molecule has 0 heterocycles. The molecule has 5 nitrogen and oxygen atoms in total. The molecule has 8 heteroatoms. The molecule has 0 fully saturated rings. The predicted octanol–water partition coefficient (Wildman–Crippen LogP) is 1.77. The second-order valence-corrected chi connectivity index (χ2v) is 3.20. The number of nitro groups is 1. The van der Waals surface area contributed by atoms with Gasteiger partial charge < -0.3 is 10.4 Å². The summed E-state index contributed by atoms with van der Waals surface area (Å²) in [6.45, 7) is -0.549. The van der Waals surface area contributed by atoms with E-state index in [4.69, 9.17) is 5.11 Å². The van der Waals surface area contributed by atoms with Crippen molar-refractivity contribution < 1.29 is 23.2 Å². The molecular formula is C9H9F3N2O3. The zero-order valence-corrected chi connectivity index (χ0v) is 8.44. The first-order valence-corrected chi connectivity index (χ1v) is 4.56. The fraction of sp³-hybridized carbons (Fsp3) is 0.333. The molecule has 2 N–H and O–H groups in total. The summed E-state index contributed by atoms with van der Waals surface area (Å²) in [6, 6.07) is 2.74. The van der Waals surface area contributed by atoms with Crippen LogP contribution in [0.25, 0.3) is 0 Å². The highest BCUT2D eigenvalue weighted by Crippen LogP contribution is 2.20. The lowest BCUT2D eigenvalue weighted by Crippen LogP contribution is -2.27. The van der Waals surface area contributed by atoms with Crippen molar-refractivity contribution in [3.8, 4) is 0 Å². The lowest BCUT2D eigenvalue weighted by Gasteiger charge is -2.12. The Labute approximate surface area is 94.0 Å². The van der Waals surface area contributed by atoms with E-state index in [1.54, 1.807) is 0 Å². The van der Waals surface area contributed by atoms with Crippen molar-refractivity contribution in [2.24, 2.45) is 0 Å². The van der Waals surface area contributed by atoms with Gasteiger partial charge in [0.1, 0.15) is 6.10 Å². The minimum absolute atomic E-state index is 0.185. The lowest BCUT2D eigenvalue weighted by molar-refractivity contribution is -0.385. The van der Waals surface area contributed by atoms with E-state index < -0.39 is 35.5 Å². The van der Waals surface area contributed by atoms with Crippen LogP contribution < -0.4 is 5.32 Å². The Morgan fingerprint density at radius 2 is 2.12 bits per heavy atom. The van der Waals surface area contributed by atoms with Gasteiger partial charge in [0.05, 0.1) is 16.7 Å². The Morgan fingerprint density at radius 1 is 1.47 bits per heavy atom. The van der Waals surface area contributed by atoms with Crippen LogP contribution in [0.2, 0.25) is 0 Å². The van der Waals surface area contributed by atoms with Crippen molar-refractivity contribution in [2.45, 2.75) is 12.5 Å². The molecule has 0 aliphatic rings. The standard InChI is InChI=1S/C9H9F3N2O3/c10-6-3-5(14(16)17)1-2-7(6)13-4-8(15)9(11)12/h1-3,8-9,13,15H,4H2. The third kappa shape index (κ3) is 3.59. The maximum atomic E-state index is 13.2. The van der Waals surface area contributed by atoms with Gasteiger partial charge in [-0.15, -0.1) is 0 Å². The molecule has 17 heavy (non-hydrogen) atoms. The van der Waals surface area contributed by atoms with Gasteiger partial charge in [-0.25, -0.2) is 13.2 Å². The lowest BCUT2D eigenvalue weighted by atomic mass is 10.2. The first kappa shape index (κ1) is 13.2. The molecule has 0 aliphatic heterocycles. The summed E-state index contributed by atoms with van der Waals surface area (Å²) in [5, 5.41) is 21.3. The first-order valence-electron chi connectivity index (χ1n) is 4.56. The third-order valence-electron chi connectivity index (χ3n) is 1.96. The molecule has 0 saturated heterocycles. The smallest absolute Gasteiger partial charge is 0.272 e. The summed E-state index contributed by atoms with van der Waals surface area (Å²) < 4.78 is 37.1.